The van der Waals surface area contributed by atoms with Crippen LogP contribution in [-0.2, 0) is 0 Å². The second-order valence-corrected chi connectivity index (χ2v) is 6.21. The first-order chi connectivity index (χ1) is 9.73. The second kappa shape index (κ2) is 6.14. The first-order valence-electron chi connectivity index (χ1n) is 6.62. The van der Waals surface area contributed by atoms with Crippen molar-refractivity contribution in [3.8, 4) is 5.75 Å². The van der Waals surface area contributed by atoms with Crippen molar-refractivity contribution in [3.05, 3.63) is 28.2 Å². The largest absolute Gasteiger partial charge is 0.490 e. The van der Waals surface area contributed by atoms with Crippen LogP contribution in [0, 0.1) is 6.92 Å². The van der Waals surface area contributed by atoms with Crippen LogP contribution in [0.5, 0.6) is 5.75 Å². The number of nitrogens with one attached hydrogen (secondary N) is 1. The lowest BCUT2D eigenvalue weighted by molar-refractivity contribution is -0.166. The van der Waals surface area contributed by atoms with Crippen molar-refractivity contribution >= 4 is 15.9 Å². The molecule has 21 heavy (non-hydrogen) atoms. The summed E-state index contributed by atoms with van der Waals surface area (Å²) in [6.07, 6.45) is -5.15. The smallest absolute Gasteiger partial charge is 0.406 e. The lowest BCUT2D eigenvalue weighted by Gasteiger charge is -2.22. The first-order valence-corrected chi connectivity index (χ1v) is 7.42. The Bertz CT molecular complexity index is 503. The number of rotatable bonds is 6. The average molecular weight is 368 g/mol. The van der Waals surface area contributed by atoms with Gasteiger partial charge in [0.25, 0.3) is 0 Å². The van der Waals surface area contributed by atoms with Gasteiger partial charge in [-0.1, -0.05) is 6.07 Å². The summed E-state index contributed by atoms with van der Waals surface area (Å²) in [7, 11) is 0. The number of hydrogen-bond acceptors (Lipinski definition) is 3. The van der Waals surface area contributed by atoms with Crippen LogP contribution in [0.2, 0.25) is 0 Å². The Balaban J connectivity index is 1.79. The van der Waals surface area contributed by atoms with Crippen molar-refractivity contribution in [2.24, 2.45) is 0 Å². The van der Waals surface area contributed by atoms with E-state index in [-0.39, 0.29) is 26.0 Å². The molecule has 1 fully saturated rings. The number of aliphatic hydroxyl groups excluding tert-OH is 1. The highest BCUT2D eigenvalue weighted by Gasteiger charge is 2.63. The van der Waals surface area contributed by atoms with Gasteiger partial charge < -0.3 is 15.2 Å². The van der Waals surface area contributed by atoms with Gasteiger partial charge >= 0.3 is 6.18 Å². The van der Waals surface area contributed by atoms with Gasteiger partial charge in [0.05, 0.1) is 4.47 Å². The standard InChI is InChI=1S/C14H17BrF3NO2/c1-9-2-3-12(11(15)6-9)21-8-10(20)7-19-13(4-5-13)14(16,17)18/h2-3,6,10,19-20H,4-5,7-8H2,1H3. The number of aliphatic hydroxyl groups is 1. The van der Waals surface area contributed by atoms with Gasteiger partial charge in [-0.2, -0.15) is 13.2 Å². The van der Waals surface area contributed by atoms with Crippen molar-refractivity contribution in [1.82, 2.24) is 5.32 Å². The Kier molecular flexibility index (Phi) is 4.85. The molecule has 3 nitrogen and oxygen atoms in total. The second-order valence-electron chi connectivity index (χ2n) is 5.36. The van der Waals surface area contributed by atoms with E-state index >= 15 is 0 Å². The fourth-order valence-corrected chi connectivity index (χ4v) is 2.57. The zero-order valence-corrected chi connectivity index (χ0v) is 13.1. The maximum absolute atomic E-state index is 12.7. The highest BCUT2D eigenvalue weighted by Crippen LogP contribution is 2.48. The van der Waals surface area contributed by atoms with E-state index in [1.165, 1.54) is 0 Å². The van der Waals surface area contributed by atoms with Crippen molar-refractivity contribution in [1.29, 1.82) is 0 Å². The fourth-order valence-electron chi connectivity index (χ4n) is 1.97. The third-order valence-electron chi connectivity index (χ3n) is 3.49. The zero-order chi connectivity index (χ0) is 15.7. The minimum absolute atomic E-state index is 0.0631. The molecule has 0 heterocycles. The predicted octanol–water partition coefficient (Wildman–Crippen LogP) is 3.18. The number of aryl methyl sites for hydroxylation is 1. The molecule has 1 aliphatic carbocycles. The summed E-state index contributed by atoms with van der Waals surface area (Å²) in [5.74, 6) is 0.552. The molecule has 0 amide bonds. The third kappa shape index (κ3) is 4.11. The third-order valence-corrected chi connectivity index (χ3v) is 4.11. The van der Waals surface area contributed by atoms with E-state index in [9.17, 15) is 18.3 Å². The molecule has 2 rings (SSSR count). The van der Waals surface area contributed by atoms with Gasteiger partial charge in [0, 0.05) is 6.54 Å². The van der Waals surface area contributed by atoms with E-state index in [0.29, 0.717) is 5.75 Å². The molecule has 1 atom stereocenters. The normalized spacial score (nSPS) is 18.4. The lowest BCUT2D eigenvalue weighted by Crippen LogP contribution is -2.48. The molecule has 0 aliphatic heterocycles. The van der Waals surface area contributed by atoms with E-state index in [1.54, 1.807) is 6.07 Å². The van der Waals surface area contributed by atoms with E-state index in [4.69, 9.17) is 4.74 Å². The molecule has 1 saturated carbocycles. The van der Waals surface area contributed by atoms with Crippen molar-refractivity contribution in [2.45, 2.75) is 37.6 Å². The Morgan fingerprint density at radius 2 is 2.10 bits per heavy atom. The summed E-state index contributed by atoms with van der Waals surface area (Å²) >= 11 is 3.33. The fraction of sp³-hybridized carbons (Fsp3) is 0.571. The molecule has 1 aliphatic rings. The minimum atomic E-state index is -4.27. The molecule has 0 radical (unpaired) electrons. The average Bonchev–Trinajstić information content (AvgIpc) is 3.16. The van der Waals surface area contributed by atoms with Gasteiger partial charge in [0.15, 0.2) is 0 Å². The zero-order valence-electron chi connectivity index (χ0n) is 11.5. The molecule has 1 aromatic carbocycles. The van der Waals surface area contributed by atoms with E-state index in [1.807, 2.05) is 19.1 Å². The summed E-state index contributed by atoms with van der Waals surface area (Å²) in [6, 6.07) is 5.47. The van der Waals surface area contributed by atoms with Crippen molar-refractivity contribution < 1.29 is 23.0 Å². The van der Waals surface area contributed by atoms with Crippen LogP contribution in [0.4, 0.5) is 13.2 Å². The predicted molar refractivity (Wildman–Crippen MR) is 76.4 cm³/mol. The Morgan fingerprint density at radius 3 is 2.62 bits per heavy atom. The molecule has 0 saturated heterocycles. The molecule has 7 heteroatoms. The molecule has 2 N–H and O–H groups in total. The summed E-state index contributed by atoms with van der Waals surface area (Å²) in [4.78, 5) is 0. The SMILES string of the molecule is Cc1ccc(OCC(O)CNC2(C(F)(F)F)CC2)c(Br)c1. The summed E-state index contributed by atoms with van der Waals surface area (Å²) < 4.78 is 44.3. The van der Waals surface area contributed by atoms with Gasteiger partial charge in [-0.3, -0.25) is 0 Å². The molecule has 0 spiro atoms. The molecule has 0 bridgehead atoms. The monoisotopic (exact) mass is 367 g/mol. The van der Waals surface area contributed by atoms with E-state index in [2.05, 4.69) is 21.2 Å². The maximum Gasteiger partial charge on any atom is 0.406 e. The Hall–Kier alpha value is -0.790. The molecule has 1 unspecified atom stereocenters. The number of β-amino-alcohol motifs (C(OH)–C–C–N with tert-alkyl or cyclic N) is 1. The van der Waals surface area contributed by atoms with E-state index < -0.39 is 17.8 Å². The van der Waals surface area contributed by atoms with Crippen LogP contribution in [0.25, 0.3) is 0 Å². The molecule has 1 aromatic rings. The topological polar surface area (TPSA) is 41.5 Å². The van der Waals surface area contributed by atoms with Gasteiger partial charge in [-0.25, -0.2) is 0 Å². The molecule has 118 valence electrons. The molecule has 0 aromatic heterocycles. The molecular formula is C14H17BrF3NO2. The lowest BCUT2D eigenvalue weighted by atomic mass is 10.2. The number of hydrogen-bond donors (Lipinski definition) is 2. The number of alkyl halides is 3. The molecular weight excluding hydrogens is 351 g/mol. The Labute approximate surface area is 129 Å². The first kappa shape index (κ1) is 16.6. The van der Waals surface area contributed by atoms with Crippen LogP contribution < -0.4 is 10.1 Å². The number of ether oxygens (including phenoxy) is 1. The van der Waals surface area contributed by atoms with E-state index in [0.717, 1.165) is 10.0 Å². The van der Waals surface area contributed by atoms with Crippen LogP contribution in [0.15, 0.2) is 22.7 Å². The van der Waals surface area contributed by atoms with Crippen LogP contribution in [0.1, 0.15) is 18.4 Å². The minimum Gasteiger partial charge on any atom is -0.490 e. The maximum atomic E-state index is 12.7. The summed E-state index contributed by atoms with van der Waals surface area (Å²) in [6.45, 7) is 1.71. The van der Waals surface area contributed by atoms with Crippen LogP contribution in [0.3, 0.4) is 0 Å². The van der Waals surface area contributed by atoms with Gasteiger partial charge in [0.2, 0.25) is 0 Å². The van der Waals surface area contributed by atoms with Crippen LogP contribution in [-0.4, -0.2) is 36.1 Å². The summed E-state index contributed by atoms with van der Waals surface area (Å²) in [5.41, 5.74) is -0.754. The Morgan fingerprint density at radius 1 is 1.43 bits per heavy atom. The number of benzene rings is 1. The number of halogens is 4. The summed E-state index contributed by atoms with van der Waals surface area (Å²) in [5, 5.41) is 12.1. The van der Waals surface area contributed by atoms with Gasteiger partial charge in [-0.15, -0.1) is 0 Å². The van der Waals surface area contributed by atoms with Gasteiger partial charge in [-0.05, 0) is 53.4 Å². The quantitative estimate of drug-likeness (QED) is 0.811. The van der Waals surface area contributed by atoms with Gasteiger partial charge in [0.1, 0.15) is 24.0 Å². The highest BCUT2D eigenvalue weighted by molar-refractivity contribution is 9.10. The highest BCUT2D eigenvalue weighted by atomic mass is 79.9. The van der Waals surface area contributed by atoms with Crippen molar-refractivity contribution in [2.75, 3.05) is 13.2 Å². The van der Waals surface area contributed by atoms with Crippen LogP contribution >= 0.6 is 15.9 Å². The van der Waals surface area contributed by atoms with Crippen molar-refractivity contribution in [3.63, 3.8) is 0 Å².